The summed E-state index contributed by atoms with van der Waals surface area (Å²) >= 11 is 20.2. The topological polar surface area (TPSA) is 113 Å². The Kier molecular flexibility index (Phi) is 8.58. The van der Waals surface area contributed by atoms with Crippen molar-refractivity contribution >= 4 is 63.7 Å². The maximum absolute atomic E-state index is 13.6. The molecule has 2 N–H and O–H groups in total. The first-order valence-electron chi connectivity index (χ1n) is 13.1. The Morgan fingerprint density at radius 3 is 2.50 bits per heavy atom. The number of hydrogen-bond donors (Lipinski definition) is 1. The molecule has 0 saturated heterocycles. The second-order valence-corrected chi connectivity index (χ2v) is 12.5. The summed E-state index contributed by atoms with van der Waals surface area (Å²) in [7, 11) is 0. The average Bonchev–Trinajstić information content (AvgIpc) is 2.94. The number of nitriles is 1. The fraction of sp³-hybridized carbons (Fsp3) is 0.226. The summed E-state index contributed by atoms with van der Waals surface area (Å²) in [5.41, 5.74) is 11.5. The van der Waals surface area contributed by atoms with E-state index in [0.717, 1.165) is 27.1 Å². The van der Waals surface area contributed by atoms with Crippen molar-refractivity contribution in [2.45, 2.75) is 49.7 Å². The van der Waals surface area contributed by atoms with E-state index in [1.54, 1.807) is 23.9 Å². The van der Waals surface area contributed by atoms with Crippen molar-refractivity contribution in [1.29, 1.82) is 5.26 Å². The summed E-state index contributed by atoms with van der Waals surface area (Å²) in [5.74, 6) is -0.178. The predicted molar refractivity (Wildman–Crippen MR) is 168 cm³/mol. The van der Waals surface area contributed by atoms with Crippen LogP contribution >= 0.6 is 46.6 Å². The Labute approximate surface area is 262 Å². The molecule has 1 atom stereocenters. The number of thioether (sulfide) groups is 1. The van der Waals surface area contributed by atoms with Gasteiger partial charge in [0.1, 0.15) is 11.5 Å². The van der Waals surface area contributed by atoms with Crippen LogP contribution in [0.15, 0.2) is 76.1 Å². The van der Waals surface area contributed by atoms with Gasteiger partial charge in [0.2, 0.25) is 0 Å². The van der Waals surface area contributed by atoms with Crippen molar-refractivity contribution in [3.8, 4) is 6.07 Å². The number of allylic oxidation sites excluding steroid dienone is 3. The highest BCUT2D eigenvalue weighted by atomic mass is 35.5. The molecule has 5 rings (SSSR count). The SMILES string of the molecule is Cc1cc(C)c(C2C(C#N)=C(N)N(c3ccc(Cl)cc3[N+](=O)[O-])C3=C2C(=O)CCC3)cc1CSc1cc(Cl)ccc1Cl. The van der Waals surface area contributed by atoms with Gasteiger partial charge in [-0.25, -0.2) is 0 Å². The van der Waals surface area contributed by atoms with Gasteiger partial charge in [-0.2, -0.15) is 5.26 Å². The number of nitro benzene ring substituents is 1. The number of Topliss-reactive ketones (excluding diaryl/α,β-unsaturated/α-hetero) is 1. The largest absolute Gasteiger partial charge is 0.384 e. The third kappa shape index (κ3) is 5.50. The molecule has 7 nitrogen and oxygen atoms in total. The summed E-state index contributed by atoms with van der Waals surface area (Å²) in [6.45, 7) is 3.96. The van der Waals surface area contributed by atoms with E-state index >= 15 is 0 Å². The van der Waals surface area contributed by atoms with Gasteiger partial charge in [0.15, 0.2) is 5.78 Å². The van der Waals surface area contributed by atoms with Crippen LogP contribution in [0.5, 0.6) is 0 Å². The molecule has 1 aliphatic heterocycles. The van der Waals surface area contributed by atoms with Crippen LogP contribution in [0.4, 0.5) is 11.4 Å². The van der Waals surface area contributed by atoms with Crippen LogP contribution in [0.25, 0.3) is 0 Å². The standard InChI is InChI=1S/C31H25Cl3N4O3S/c1-16-10-17(2)21(11-18(16)15-42-28-13-20(33)6-8-23(28)34)29-22(14-35)31(36)37(25-4-3-5-27(39)30(25)29)24-9-7-19(32)12-26(24)38(40)41/h6-13,29H,3-5,15,36H2,1-2H3. The third-order valence-electron chi connectivity index (χ3n) is 7.60. The molecule has 0 fully saturated rings. The second kappa shape index (κ2) is 12.0. The van der Waals surface area contributed by atoms with Gasteiger partial charge in [0.25, 0.3) is 5.69 Å². The molecule has 0 amide bonds. The fourth-order valence-corrected chi connectivity index (χ4v) is 7.35. The lowest BCUT2D eigenvalue weighted by Crippen LogP contribution is -2.39. The van der Waals surface area contributed by atoms with E-state index in [-0.39, 0.29) is 33.6 Å². The Balaban J connectivity index is 1.66. The number of nitro groups is 1. The van der Waals surface area contributed by atoms with Crippen molar-refractivity contribution in [3.63, 3.8) is 0 Å². The van der Waals surface area contributed by atoms with Gasteiger partial charge >= 0.3 is 0 Å². The molecule has 0 spiro atoms. The molecule has 42 heavy (non-hydrogen) atoms. The van der Waals surface area contributed by atoms with Gasteiger partial charge in [-0.3, -0.25) is 19.8 Å². The van der Waals surface area contributed by atoms with E-state index in [4.69, 9.17) is 40.5 Å². The lowest BCUT2D eigenvalue weighted by Gasteiger charge is -2.39. The number of carbonyl (C=O) groups excluding carboxylic acids is 1. The lowest BCUT2D eigenvalue weighted by atomic mass is 9.74. The lowest BCUT2D eigenvalue weighted by molar-refractivity contribution is -0.384. The first kappa shape index (κ1) is 30.0. The summed E-state index contributed by atoms with van der Waals surface area (Å²) in [6, 6.07) is 15.9. The van der Waals surface area contributed by atoms with Crippen LogP contribution in [0, 0.1) is 35.3 Å². The second-order valence-electron chi connectivity index (χ2n) is 10.2. The van der Waals surface area contributed by atoms with Crippen LogP contribution in [0.3, 0.4) is 0 Å². The molecule has 1 aliphatic carbocycles. The minimum Gasteiger partial charge on any atom is -0.384 e. The fourth-order valence-electron chi connectivity index (χ4n) is 5.63. The van der Waals surface area contributed by atoms with Crippen molar-refractivity contribution in [2.24, 2.45) is 5.73 Å². The summed E-state index contributed by atoms with van der Waals surface area (Å²) in [4.78, 5) is 27.4. The molecule has 3 aromatic rings. The zero-order valence-electron chi connectivity index (χ0n) is 22.7. The van der Waals surface area contributed by atoms with E-state index < -0.39 is 10.8 Å². The number of ketones is 1. The first-order valence-corrected chi connectivity index (χ1v) is 15.2. The quantitative estimate of drug-likeness (QED) is 0.163. The molecule has 1 heterocycles. The average molecular weight is 640 g/mol. The monoisotopic (exact) mass is 638 g/mol. The number of anilines is 1. The van der Waals surface area contributed by atoms with Gasteiger partial charge in [-0.1, -0.05) is 46.9 Å². The van der Waals surface area contributed by atoms with Gasteiger partial charge in [-0.05, 0) is 79.3 Å². The van der Waals surface area contributed by atoms with Crippen LogP contribution in [-0.4, -0.2) is 10.7 Å². The van der Waals surface area contributed by atoms with Crippen LogP contribution in [0.2, 0.25) is 15.1 Å². The summed E-state index contributed by atoms with van der Waals surface area (Å²) in [6.07, 6.45) is 1.34. The Morgan fingerprint density at radius 1 is 1.07 bits per heavy atom. The molecule has 11 heteroatoms. The molecule has 2 aliphatic rings. The number of carbonyl (C=O) groups is 1. The zero-order chi connectivity index (χ0) is 30.3. The predicted octanol–water partition coefficient (Wildman–Crippen LogP) is 8.77. The molecule has 214 valence electrons. The summed E-state index contributed by atoms with van der Waals surface area (Å²) < 4.78 is 0. The highest BCUT2D eigenvalue weighted by Crippen LogP contribution is 2.49. The van der Waals surface area contributed by atoms with Gasteiger partial charge in [0, 0.05) is 44.5 Å². The van der Waals surface area contributed by atoms with E-state index in [0.29, 0.717) is 46.3 Å². The van der Waals surface area contributed by atoms with E-state index in [2.05, 4.69) is 6.07 Å². The molecule has 0 aromatic heterocycles. The number of halogens is 3. The van der Waals surface area contributed by atoms with E-state index in [1.807, 2.05) is 32.0 Å². The Morgan fingerprint density at radius 2 is 1.79 bits per heavy atom. The molecule has 1 unspecified atom stereocenters. The van der Waals surface area contributed by atoms with Crippen LogP contribution in [-0.2, 0) is 10.5 Å². The Hall–Kier alpha value is -3.48. The number of nitrogens with zero attached hydrogens (tertiary/aromatic N) is 3. The molecule has 0 saturated carbocycles. The minimum atomic E-state index is -0.709. The number of rotatable bonds is 6. The Bertz CT molecular complexity index is 1760. The number of nitrogens with two attached hydrogens (primary N) is 1. The van der Waals surface area contributed by atoms with Crippen molar-refractivity contribution in [2.75, 3.05) is 4.90 Å². The maximum Gasteiger partial charge on any atom is 0.294 e. The molecular weight excluding hydrogens is 615 g/mol. The van der Waals surface area contributed by atoms with Crippen molar-refractivity contribution < 1.29 is 9.72 Å². The van der Waals surface area contributed by atoms with Gasteiger partial charge < -0.3 is 5.73 Å². The normalized spacial score (nSPS) is 16.9. The minimum absolute atomic E-state index is 0.0583. The van der Waals surface area contributed by atoms with Crippen LogP contribution in [0.1, 0.15) is 47.4 Å². The molecule has 0 bridgehead atoms. The van der Waals surface area contributed by atoms with Crippen molar-refractivity contribution in [1.82, 2.24) is 0 Å². The highest BCUT2D eigenvalue weighted by Gasteiger charge is 2.42. The van der Waals surface area contributed by atoms with Gasteiger partial charge in [0.05, 0.1) is 27.5 Å². The van der Waals surface area contributed by atoms with Crippen LogP contribution < -0.4 is 10.6 Å². The number of hydrogen-bond acceptors (Lipinski definition) is 7. The molecule has 3 aromatic carbocycles. The first-order chi connectivity index (χ1) is 20.0. The van der Waals surface area contributed by atoms with Gasteiger partial charge in [-0.15, -0.1) is 11.8 Å². The highest BCUT2D eigenvalue weighted by molar-refractivity contribution is 7.98. The van der Waals surface area contributed by atoms with E-state index in [1.165, 1.54) is 23.1 Å². The number of aryl methyl sites for hydroxylation is 2. The van der Waals surface area contributed by atoms with E-state index in [9.17, 15) is 20.2 Å². The molecule has 0 radical (unpaired) electrons. The smallest absolute Gasteiger partial charge is 0.294 e. The van der Waals surface area contributed by atoms with Crippen molar-refractivity contribution in [3.05, 3.63) is 119 Å². The maximum atomic E-state index is 13.6. The third-order valence-corrected chi connectivity index (χ3v) is 9.62. The molecular formula is C31H25Cl3N4O3S. The summed E-state index contributed by atoms with van der Waals surface area (Å²) in [5, 5.41) is 23.8. The zero-order valence-corrected chi connectivity index (χ0v) is 25.8. The number of benzene rings is 3.